The monoisotopic (exact) mass is 812 g/mol. The van der Waals surface area contributed by atoms with Crippen molar-refractivity contribution in [3.8, 4) is 62.1 Å². The van der Waals surface area contributed by atoms with Crippen molar-refractivity contribution in [1.29, 1.82) is 0 Å². The van der Waals surface area contributed by atoms with E-state index in [0.717, 1.165) is 33.2 Å². The second kappa shape index (κ2) is 13.3. The topological polar surface area (TPSA) is 43.6 Å². The molecule has 0 aliphatic heterocycles. The van der Waals surface area contributed by atoms with Crippen molar-refractivity contribution in [3.05, 3.63) is 241 Å². The summed E-state index contributed by atoms with van der Waals surface area (Å²) in [6, 6.07) is 79.1. The van der Waals surface area contributed by atoms with Crippen LogP contribution in [-0.2, 0) is 5.41 Å². The fraction of sp³-hybridized carbons (Fsp3) is 0.0167. The van der Waals surface area contributed by atoms with Crippen molar-refractivity contribution in [2.45, 2.75) is 5.41 Å². The largest absolute Gasteiger partial charge is 0.309 e. The molecule has 1 spiro atoms. The van der Waals surface area contributed by atoms with Gasteiger partial charge in [0.1, 0.15) is 0 Å². The highest BCUT2D eigenvalue weighted by Crippen LogP contribution is 2.63. The lowest BCUT2D eigenvalue weighted by Gasteiger charge is -2.30. The molecule has 2 heterocycles. The molecule has 0 amide bonds. The molecule has 10 aromatic carbocycles. The summed E-state index contributed by atoms with van der Waals surface area (Å²) in [6.45, 7) is 0. The maximum atomic E-state index is 5.34. The normalized spacial score (nSPS) is 13.1. The lowest BCUT2D eigenvalue weighted by molar-refractivity contribution is 0.794. The first kappa shape index (κ1) is 35.2. The van der Waals surface area contributed by atoms with Crippen LogP contribution < -0.4 is 0 Å². The van der Waals surface area contributed by atoms with Crippen molar-refractivity contribution in [2.75, 3.05) is 0 Å². The van der Waals surface area contributed by atoms with E-state index in [9.17, 15) is 0 Å². The van der Waals surface area contributed by atoms with Gasteiger partial charge in [-0.2, -0.15) is 0 Å². The Bertz CT molecular complexity index is 3850. The van der Waals surface area contributed by atoms with Gasteiger partial charge < -0.3 is 4.57 Å². The van der Waals surface area contributed by atoms with E-state index in [-0.39, 0.29) is 0 Å². The van der Waals surface area contributed by atoms with Crippen LogP contribution >= 0.6 is 0 Å². The number of benzene rings is 10. The van der Waals surface area contributed by atoms with Crippen LogP contribution in [0.2, 0.25) is 0 Å². The van der Waals surface area contributed by atoms with Crippen LogP contribution in [0, 0.1) is 0 Å². The maximum absolute atomic E-state index is 5.34. The number of rotatable bonds is 4. The van der Waals surface area contributed by atoms with E-state index in [1.165, 1.54) is 77.1 Å². The predicted octanol–water partition coefficient (Wildman–Crippen LogP) is 14.6. The average Bonchev–Trinajstić information content (AvgIpc) is 3.96. The zero-order valence-corrected chi connectivity index (χ0v) is 34.6. The van der Waals surface area contributed by atoms with Gasteiger partial charge in [0.05, 0.1) is 22.1 Å². The van der Waals surface area contributed by atoms with Crippen LogP contribution in [0.25, 0.3) is 105 Å². The average molecular weight is 813 g/mol. The van der Waals surface area contributed by atoms with E-state index in [0.29, 0.717) is 17.5 Å². The molecule has 0 fully saturated rings. The van der Waals surface area contributed by atoms with E-state index in [1.54, 1.807) is 0 Å². The Labute approximate surface area is 369 Å². The van der Waals surface area contributed by atoms with Gasteiger partial charge in [-0.05, 0) is 97.1 Å². The van der Waals surface area contributed by atoms with E-state index in [1.807, 2.05) is 18.2 Å². The summed E-state index contributed by atoms with van der Waals surface area (Å²) >= 11 is 0. The number of nitrogens with zero attached hydrogens (tertiary/aromatic N) is 4. The summed E-state index contributed by atoms with van der Waals surface area (Å²) in [4.78, 5) is 15.8. The number of fused-ring (bicyclic) bond motifs is 15. The number of hydrogen-bond donors (Lipinski definition) is 0. The third kappa shape index (κ3) is 4.85. The van der Waals surface area contributed by atoms with Crippen LogP contribution in [0.5, 0.6) is 0 Å². The molecule has 4 heteroatoms. The minimum atomic E-state index is -0.466. The van der Waals surface area contributed by atoms with Crippen LogP contribution in [0.3, 0.4) is 0 Å². The van der Waals surface area contributed by atoms with Gasteiger partial charge in [0.2, 0.25) is 0 Å². The van der Waals surface area contributed by atoms with Crippen LogP contribution in [0.1, 0.15) is 22.3 Å². The van der Waals surface area contributed by atoms with E-state index in [4.69, 9.17) is 15.0 Å². The van der Waals surface area contributed by atoms with Gasteiger partial charge in [0, 0.05) is 32.8 Å². The number of aromatic nitrogens is 4. The Morgan fingerprint density at radius 1 is 0.297 bits per heavy atom. The van der Waals surface area contributed by atoms with Crippen LogP contribution in [-0.4, -0.2) is 19.5 Å². The first-order valence-corrected chi connectivity index (χ1v) is 21.9. The Balaban J connectivity index is 0.957. The SMILES string of the molecule is c1ccc(-c2nc(-c3ccc4c(c3)C3(c5ccccc5-c5ccccc53)c3ccccc3-4)nc(-c3ccc4c(-n5c6ccccc6c6cc7ccccc7cc65)cccc4c3)n2)cc1. The number of hydrogen-bond acceptors (Lipinski definition) is 3. The molecule has 4 nitrogen and oxygen atoms in total. The highest BCUT2D eigenvalue weighted by Gasteiger charge is 2.51. The zero-order valence-electron chi connectivity index (χ0n) is 34.6. The highest BCUT2D eigenvalue weighted by molar-refractivity contribution is 6.14. The van der Waals surface area contributed by atoms with Gasteiger partial charge in [0.15, 0.2) is 17.5 Å². The summed E-state index contributed by atoms with van der Waals surface area (Å²) in [5, 5.41) is 7.22. The summed E-state index contributed by atoms with van der Waals surface area (Å²) in [7, 11) is 0. The van der Waals surface area contributed by atoms with E-state index < -0.39 is 5.41 Å². The summed E-state index contributed by atoms with van der Waals surface area (Å²) in [6.07, 6.45) is 0. The van der Waals surface area contributed by atoms with Gasteiger partial charge in [-0.15, -0.1) is 0 Å². The summed E-state index contributed by atoms with van der Waals surface area (Å²) in [5.74, 6) is 1.92. The Hall–Kier alpha value is -8.47. The molecule has 0 bridgehead atoms. The third-order valence-electron chi connectivity index (χ3n) is 13.8. The van der Waals surface area contributed by atoms with Gasteiger partial charge in [0.25, 0.3) is 0 Å². The molecular weight excluding hydrogens is 777 g/mol. The van der Waals surface area contributed by atoms with E-state index in [2.05, 4.69) is 205 Å². The van der Waals surface area contributed by atoms with Crippen LogP contribution in [0.15, 0.2) is 218 Å². The molecule has 0 radical (unpaired) electrons. The minimum Gasteiger partial charge on any atom is -0.309 e. The smallest absolute Gasteiger partial charge is 0.164 e. The third-order valence-corrected chi connectivity index (χ3v) is 13.8. The highest BCUT2D eigenvalue weighted by atomic mass is 15.0. The summed E-state index contributed by atoms with van der Waals surface area (Å²) < 4.78 is 2.42. The Morgan fingerprint density at radius 2 is 0.828 bits per heavy atom. The maximum Gasteiger partial charge on any atom is 0.164 e. The molecule has 14 rings (SSSR count). The van der Waals surface area contributed by atoms with Crippen molar-refractivity contribution in [2.24, 2.45) is 0 Å². The van der Waals surface area contributed by atoms with Crippen molar-refractivity contribution in [3.63, 3.8) is 0 Å². The molecule has 2 aliphatic rings. The quantitative estimate of drug-likeness (QED) is 0.178. The van der Waals surface area contributed by atoms with Crippen LogP contribution in [0.4, 0.5) is 0 Å². The lowest BCUT2D eigenvalue weighted by Crippen LogP contribution is -2.25. The molecule has 0 N–H and O–H groups in total. The molecular formula is C60H36N4. The number of para-hydroxylation sites is 1. The zero-order chi connectivity index (χ0) is 41.9. The summed E-state index contributed by atoms with van der Waals surface area (Å²) in [5.41, 5.74) is 16.1. The van der Waals surface area contributed by atoms with Gasteiger partial charge in [-0.1, -0.05) is 182 Å². The Morgan fingerprint density at radius 3 is 1.53 bits per heavy atom. The molecule has 12 aromatic rings. The molecule has 296 valence electrons. The second-order valence-electron chi connectivity index (χ2n) is 17.1. The van der Waals surface area contributed by atoms with Crippen molar-refractivity contribution >= 4 is 43.4 Å². The fourth-order valence-corrected chi connectivity index (χ4v) is 11.1. The van der Waals surface area contributed by atoms with E-state index >= 15 is 0 Å². The predicted molar refractivity (Wildman–Crippen MR) is 262 cm³/mol. The Kier molecular flexibility index (Phi) is 7.29. The molecule has 2 aliphatic carbocycles. The van der Waals surface area contributed by atoms with Gasteiger partial charge in [-0.3, -0.25) is 0 Å². The molecule has 0 saturated carbocycles. The van der Waals surface area contributed by atoms with Crippen molar-refractivity contribution < 1.29 is 0 Å². The molecule has 2 aromatic heterocycles. The molecule has 0 saturated heterocycles. The lowest BCUT2D eigenvalue weighted by atomic mass is 9.70. The molecule has 0 unspecified atom stereocenters. The minimum absolute atomic E-state index is 0.466. The first-order valence-electron chi connectivity index (χ1n) is 21.9. The van der Waals surface area contributed by atoms with Crippen molar-refractivity contribution in [1.82, 2.24) is 19.5 Å². The fourth-order valence-electron chi connectivity index (χ4n) is 11.1. The van der Waals surface area contributed by atoms with Gasteiger partial charge >= 0.3 is 0 Å². The first-order chi connectivity index (χ1) is 31.7. The van der Waals surface area contributed by atoms with Gasteiger partial charge in [-0.25, -0.2) is 15.0 Å². The molecule has 64 heavy (non-hydrogen) atoms. The second-order valence-corrected chi connectivity index (χ2v) is 17.1. The standard InChI is InChI=1S/C60H36N4/c1-2-15-37(16-3-1)57-61-58(41-29-31-43-40(33-41)19-14-28-54(43)64-55-27-13-9-23-48(55)49-34-38-17-4-5-18-39(38)36-56(49)64)63-59(62-57)42-30-32-47-46-22-8-12-26-52(46)60(53(47)35-42)50-24-10-6-20-44(50)45-21-7-11-25-51(45)60/h1-36H. The molecule has 0 atom stereocenters.